The SMILES string of the molecule is C[C@@H]1Cc2c([nH]c3ccccc23)[C@@H](c2ccc(C(O)C3CN(CCCF)C3)cc2F)N1CC(F)(F)CO. The number of nitrogens with zero attached hydrogens (tertiary/aromatic N) is 2. The summed E-state index contributed by atoms with van der Waals surface area (Å²) in [6.45, 7) is 1.32. The summed E-state index contributed by atoms with van der Waals surface area (Å²) in [6.07, 6.45) is 0.0954. The van der Waals surface area contributed by atoms with E-state index in [2.05, 4.69) is 9.88 Å². The summed E-state index contributed by atoms with van der Waals surface area (Å²) in [5.41, 5.74) is 3.17. The van der Waals surface area contributed by atoms with E-state index in [1.807, 2.05) is 31.2 Å². The molecule has 0 amide bonds. The van der Waals surface area contributed by atoms with Crippen molar-refractivity contribution in [2.24, 2.45) is 5.92 Å². The number of para-hydroxylation sites is 1. The minimum absolute atomic E-state index is 0.0698. The second kappa shape index (κ2) is 10.4. The number of fused-ring (bicyclic) bond motifs is 3. The first-order valence-electron chi connectivity index (χ1n) is 12.8. The maximum absolute atomic E-state index is 15.7. The number of nitrogens with one attached hydrogen (secondary N) is 1. The number of alkyl halides is 3. The Labute approximate surface area is 213 Å². The molecule has 1 aromatic heterocycles. The summed E-state index contributed by atoms with van der Waals surface area (Å²) in [5.74, 6) is -3.99. The lowest BCUT2D eigenvalue weighted by atomic mass is 9.85. The third-order valence-electron chi connectivity index (χ3n) is 7.86. The second-order valence-electron chi connectivity index (χ2n) is 10.5. The van der Waals surface area contributed by atoms with Crippen LogP contribution in [-0.4, -0.2) is 76.4 Å². The van der Waals surface area contributed by atoms with E-state index < -0.39 is 37.0 Å². The number of aromatic amines is 1. The minimum Gasteiger partial charge on any atom is -0.390 e. The molecule has 1 fully saturated rings. The molecule has 0 radical (unpaired) electrons. The summed E-state index contributed by atoms with van der Waals surface area (Å²) >= 11 is 0. The van der Waals surface area contributed by atoms with Crippen LogP contribution in [0.5, 0.6) is 0 Å². The van der Waals surface area contributed by atoms with Gasteiger partial charge in [0.25, 0.3) is 5.92 Å². The minimum atomic E-state index is -3.35. The van der Waals surface area contributed by atoms with E-state index in [0.717, 1.165) is 16.5 Å². The Hall–Kier alpha value is -2.46. The van der Waals surface area contributed by atoms with Gasteiger partial charge in [0.05, 0.1) is 25.4 Å². The standard InChI is InChI=1S/C28H33F4N3O2/c1-17-11-22-20-5-2-3-6-24(20)33-25(22)26(35(17)15-28(31,32)16-36)21-8-7-18(12-23(21)30)27(37)19-13-34(14-19)10-4-9-29/h2-3,5-8,12,17,19,26-27,33,36-37H,4,9-11,13-16H2,1H3/t17-,26-,27?/m1/s1. The highest BCUT2D eigenvalue weighted by Crippen LogP contribution is 2.43. The highest BCUT2D eigenvalue weighted by Gasteiger charge is 2.42. The molecule has 200 valence electrons. The molecule has 1 saturated heterocycles. The van der Waals surface area contributed by atoms with Crippen molar-refractivity contribution in [2.45, 2.75) is 43.9 Å². The number of aliphatic hydroxyl groups is 2. The van der Waals surface area contributed by atoms with Crippen LogP contribution in [0.3, 0.4) is 0 Å². The molecule has 5 nitrogen and oxygen atoms in total. The van der Waals surface area contributed by atoms with Crippen LogP contribution in [0.15, 0.2) is 42.5 Å². The Balaban J connectivity index is 1.48. The number of hydrogen-bond donors (Lipinski definition) is 3. The molecule has 3 heterocycles. The number of benzene rings is 2. The summed E-state index contributed by atoms with van der Waals surface area (Å²) in [6, 6.07) is 11.1. The van der Waals surface area contributed by atoms with Crippen molar-refractivity contribution in [1.82, 2.24) is 14.8 Å². The molecule has 2 aromatic carbocycles. The van der Waals surface area contributed by atoms with Gasteiger partial charge in [0.2, 0.25) is 0 Å². The molecule has 37 heavy (non-hydrogen) atoms. The van der Waals surface area contributed by atoms with E-state index in [9.17, 15) is 23.4 Å². The molecule has 5 rings (SSSR count). The van der Waals surface area contributed by atoms with Crippen LogP contribution < -0.4 is 0 Å². The lowest BCUT2D eigenvalue weighted by molar-refractivity contribution is -0.0866. The molecule has 9 heteroatoms. The van der Waals surface area contributed by atoms with E-state index in [4.69, 9.17) is 0 Å². The number of likely N-dealkylation sites (tertiary alicyclic amines) is 1. The molecule has 2 aliphatic heterocycles. The fourth-order valence-electron chi connectivity index (χ4n) is 5.90. The maximum Gasteiger partial charge on any atom is 0.283 e. The summed E-state index contributed by atoms with van der Waals surface area (Å²) in [5, 5.41) is 21.1. The topological polar surface area (TPSA) is 62.7 Å². The predicted molar refractivity (Wildman–Crippen MR) is 134 cm³/mol. The monoisotopic (exact) mass is 519 g/mol. The van der Waals surface area contributed by atoms with E-state index in [1.54, 1.807) is 17.0 Å². The van der Waals surface area contributed by atoms with Gasteiger partial charge in [-0.15, -0.1) is 0 Å². The highest BCUT2D eigenvalue weighted by atomic mass is 19.3. The van der Waals surface area contributed by atoms with Crippen molar-refractivity contribution in [3.05, 3.63) is 70.7 Å². The average molecular weight is 520 g/mol. The Kier molecular flexibility index (Phi) is 7.33. The van der Waals surface area contributed by atoms with Gasteiger partial charge in [-0.2, -0.15) is 0 Å². The van der Waals surface area contributed by atoms with Gasteiger partial charge in [0, 0.05) is 53.8 Å². The molecular formula is C28H33F4N3O2. The van der Waals surface area contributed by atoms with Crippen LogP contribution >= 0.6 is 0 Å². The average Bonchev–Trinajstić information content (AvgIpc) is 3.21. The molecule has 3 N–H and O–H groups in total. The van der Waals surface area contributed by atoms with Crippen LogP contribution in [0.4, 0.5) is 17.6 Å². The van der Waals surface area contributed by atoms with Crippen molar-refractivity contribution in [3.63, 3.8) is 0 Å². The van der Waals surface area contributed by atoms with Crippen LogP contribution in [0.2, 0.25) is 0 Å². The number of rotatable bonds is 9. The molecule has 0 bridgehead atoms. The van der Waals surface area contributed by atoms with Gasteiger partial charge in [0.1, 0.15) is 12.4 Å². The summed E-state index contributed by atoms with van der Waals surface area (Å²) < 4.78 is 57.0. The number of H-pyrrole nitrogens is 1. The Morgan fingerprint density at radius 3 is 2.62 bits per heavy atom. The van der Waals surface area contributed by atoms with Crippen LogP contribution in [-0.2, 0) is 6.42 Å². The molecule has 3 aromatic rings. The van der Waals surface area contributed by atoms with Crippen molar-refractivity contribution < 1.29 is 27.8 Å². The molecule has 0 spiro atoms. The quantitative estimate of drug-likeness (QED) is 0.362. The molecule has 1 unspecified atom stereocenters. The second-order valence-corrected chi connectivity index (χ2v) is 10.5. The molecule has 0 aliphatic carbocycles. The van der Waals surface area contributed by atoms with Crippen molar-refractivity contribution in [2.75, 3.05) is 39.5 Å². The van der Waals surface area contributed by atoms with E-state index >= 15 is 4.39 Å². The van der Waals surface area contributed by atoms with Crippen LogP contribution in [0, 0.1) is 11.7 Å². The fourth-order valence-corrected chi connectivity index (χ4v) is 5.90. The lowest BCUT2D eigenvalue weighted by Gasteiger charge is -2.43. The zero-order valence-electron chi connectivity index (χ0n) is 20.8. The Bertz CT molecular complexity index is 1240. The van der Waals surface area contributed by atoms with Gasteiger partial charge in [-0.05, 0) is 43.0 Å². The zero-order valence-corrected chi connectivity index (χ0v) is 20.8. The van der Waals surface area contributed by atoms with E-state index in [1.165, 1.54) is 6.07 Å². The van der Waals surface area contributed by atoms with Crippen molar-refractivity contribution in [3.8, 4) is 0 Å². The number of halogens is 4. The summed E-state index contributed by atoms with van der Waals surface area (Å²) in [4.78, 5) is 6.95. The Morgan fingerprint density at radius 1 is 1.16 bits per heavy atom. The fraction of sp³-hybridized carbons (Fsp3) is 0.500. The third-order valence-corrected chi connectivity index (χ3v) is 7.86. The van der Waals surface area contributed by atoms with Gasteiger partial charge < -0.3 is 20.1 Å². The van der Waals surface area contributed by atoms with Gasteiger partial charge in [-0.1, -0.05) is 30.3 Å². The molecule has 3 atom stereocenters. The molecule has 2 aliphatic rings. The number of aliphatic hydroxyl groups excluding tert-OH is 2. The van der Waals surface area contributed by atoms with Crippen molar-refractivity contribution >= 4 is 10.9 Å². The third kappa shape index (κ3) is 5.02. The predicted octanol–water partition coefficient (Wildman–Crippen LogP) is 4.60. The number of aromatic nitrogens is 1. The van der Waals surface area contributed by atoms with E-state index in [-0.39, 0.29) is 24.2 Å². The Morgan fingerprint density at radius 2 is 1.92 bits per heavy atom. The zero-order chi connectivity index (χ0) is 26.3. The van der Waals surface area contributed by atoms with Crippen LogP contribution in [0.25, 0.3) is 10.9 Å². The van der Waals surface area contributed by atoms with Gasteiger partial charge >= 0.3 is 0 Å². The highest BCUT2D eigenvalue weighted by molar-refractivity contribution is 5.85. The smallest absolute Gasteiger partial charge is 0.283 e. The summed E-state index contributed by atoms with van der Waals surface area (Å²) in [7, 11) is 0. The first-order valence-corrected chi connectivity index (χ1v) is 12.8. The maximum atomic E-state index is 15.7. The van der Waals surface area contributed by atoms with Gasteiger partial charge in [-0.3, -0.25) is 9.29 Å². The largest absolute Gasteiger partial charge is 0.390 e. The first-order chi connectivity index (χ1) is 17.7. The van der Waals surface area contributed by atoms with Gasteiger partial charge in [0.15, 0.2) is 0 Å². The van der Waals surface area contributed by atoms with Crippen molar-refractivity contribution in [1.29, 1.82) is 0 Å². The first kappa shape index (κ1) is 26.2. The normalized spacial score (nSPS) is 22.2. The lowest BCUT2D eigenvalue weighted by Crippen LogP contribution is -2.49. The van der Waals surface area contributed by atoms with Crippen LogP contribution in [0.1, 0.15) is 47.9 Å². The van der Waals surface area contributed by atoms with E-state index in [0.29, 0.717) is 43.7 Å². The van der Waals surface area contributed by atoms with Gasteiger partial charge in [-0.25, -0.2) is 13.2 Å². The number of hydrogen-bond acceptors (Lipinski definition) is 4. The molecule has 0 saturated carbocycles. The molecular weight excluding hydrogens is 486 g/mol.